The minimum Gasteiger partial charge on any atom is -0.365 e. The highest BCUT2D eigenvalue weighted by molar-refractivity contribution is 7.13. The van der Waals surface area contributed by atoms with Gasteiger partial charge in [0.2, 0.25) is 0 Å². The Morgan fingerprint density at radius 1 is 1.37 bits per heavy atom. The summed E-state index contributed by atoms with van der Waals surface area (Å²) in [5.41, 5.74) is 1.28. The van der Waals surface area contributed by atoms with Crippen molar-refractivity contribution in [1.82, 2.24) is 10.3 Å². The third-order valence-corrected chi connectivity index (χ3v) is 4.03. The molecule has 0 bridgehead atoms. The molecule has 19 heavy (non-hydrogen) atoms. The van der Waals surface area contributed by atoms with Crippen LogP contribution in [0.3, 0.4) is 0 Å². The summed E-state index contributed by atoms with van der Waals surface area (Å²) >= 11 is 13.2. The first-order valence-electron chi connectivity index (χ1n) is 5.45. The van der Waals surface area contributed by atoms with Crippen LogP contribution < -0.4 is 10.6 Å². The van der Waals surface area contributed by atoms with Gasteiger partial charge in [0, 0.05) is 18.0 Å². The lowest BCUT2D eigenvalue weighted by Crippen LogP contribution is -2.22. The molecule has 0 radical (unpaired) electrons. The smallest absolute Gasteiger partial charge is 0.251 e. The maximum Gasteiger partial charge on any atom is 0.251 e. The Bertz CT molecular complexity index is 600. The highest BCUT2D eigenvalue weighted by atomic mass is 35.5. The van der Waals surface area contributed by atoms with Crippen molar-refractivity contribution in [3.63, 3.8) is 0 Å². The van der Waals surface area contributed by atoms with E-state index < -0.39 is 0 Å². The summed E-state index contributed by atoms with van der Waals surface area (Å²) in [5.74, 6) is -0.211. The van der Waals surface area contributed by atoms with Crippen LogP contribution in [0.2, 0.25) is 10.0 Å². The van der Waals surface area contributed by atoms with E-state index in [9.17, 15) is 4.79 Å². The van der Waals surface area contributed by atoms with Crippen LogP contribution in [-0.2, 0) is 6.54 Å². The van der Waals surface area contributed by atoms with Gasteiger partial charge < -0.3 is 10.6 Å². The predicted molar refractivity (Wildman–Crippen MR) is 79.3 cm³/mol. The molecule has 2 rings (SSSR count). The van der Waals surface area contributed by atoms with E-state index in [0.717, 1.165) is 10.8 Å². The standard InChI is InChI=1S/C12H11Cl2N3OS/c1-15-12-17-8(6-19-12)5-16-11(18)7-2-3-9(13)10(14)4-7/h2-4,6H,5H2,1H3,(H,15,17)(H,16,18). The third-order valence-electron chi connectivity index (χ3n) is 2.38. The first-order chi connectivity index (χ1) is 9.10. The number of benzene rings is 1. The number of rotatable bonds is 4. The lowest BCUT2D eigenvalue weighted by Gasteiger charge is -2.04. The fourth-order valence-corrected chi connectivity index (χ4v) is 2.38. The molecule has 0 fully saturated rings. The molecule has 0 aliphatic heterocycles. The summed E-state index contributed by atoms with van der Waals surface area (Å²) < 4.78 is 0. The summed E-state index contributed by atoms with van der Waals surface area (Å²) in [6.45, 7) is 0.372. The minimum absolute atomic E-state index is 0.211. The molecule has 4 nitrogen and oxygen atoms in total. The van der Waals surface area contributed by atoms with E-state index in [4.69, 9.17) is 23.2 Å². The number of nitrogens with one attached hydrogen (secondary N) is 2. The van der Waals surface area contributed by atoms with E-state index >= 15 is 0 Å². The fraction of sp³-hybridized carbons (Fsp3) is 0.167. The number of carbonyl (C=O) groups excluding carboxylic acids is 1. The Morgan fingerprint density at radius 3 is 2.79 bits per heavy atom. The molecule has 2 N–H and O–H groups in total. The summed E-state index contributed by atoms with van der Waals surface area (Å²) in [4.78, 5) is 16.2. The summed E-state index contributed by atoms with van der Waals surface area (Å²) in [6, 6.07) is 4.77. The summed E-state index contributed by atoms with van der Waals surface area (Å²) in [6.07, 6.45) is 0. The van der Waals surface area contributed by atoms with Crippen LogP contribution in [0.4, 0.5) is 5.13 Å². The van der Waals surface area contributed by atoms with E-state index in [2.05, 4.69) is 15.6 Å². The lowest BCUT2D eigenvalue weighted by molar-refractivity contribution is 0.0950. The molecule has 0 saturated heterocycles. The molecule has 0 saturated carbocycles. The van der Waals surface area contributed by atoms with Crippen molar-refractivity contribution in [3.05, 3.63) is 44.9 Å². The molecule has 0 unspecified atom stereocenters. The van der Waals surface area contributed by atoms with Crippen LogP contribution in [0.5, 0.6) is 0 Å². The van der Waals surface area contributed by atoms with E-state index in [-0.39, 0.29) is 5.91 Å². The van der Waals surface area contributed by atoms with Crippen LogP contribution in [0.15, 0.2) is 23.6 Å². The van der Waals surface area contributed by atoms with Gasteiger partial charge in [-0.3, -0.25) is 4.79 Å². The molecule has 0 spiro atoms. The zero-order valence-electron chi connectivity index (χ0n) is 10.0. The maximum absolute atomic E-state index is 11.9. The van der Waals surface area contributed by atoms with Gasteiger partial charge >= 0.3 is 0 Å². The fourth-order valence-electron chi connectivity index (χ4n) is 1.41. The van der Waals surface area contributed by atoms with Gasteiger partial charge in [0.15, 0.2) is 5.13 Å². The van der Waals surface area contributed by atoms with Gasteiger partial charge in [-0.25, -0.2) is 4.98 Å². The van der Waals surface area contributed by atoms with Gasteiger partial charge in [-0.05, 0) is 18.2 Å². The first-order valence-corrected chi connectivity index (χ1v) is 7.09. The minimum atomic E-state index is -0.211. The Hall–Kier alpha value is -1.30. The molecule has 100 valence electrons. The average molecular weight is 316 g/mol. The molecule has 0 aliphatic carbocycles. The first kappa shape index (κ1) is 14.1. The van der Waals surface area contributed by atoms with Crippen LogP contribution in [0.1, 0.15) is 16.1 Å². The van der Waals surface area contributed by atoms with Crippen molar-refractivity contribution in [3.8, 4) is 0 Å². The second-order valence-corrected chi connectivity index (χ2v) is 5.38. The van der Waals surface area contributed by atoms with Crippen LogP contribution >= 0.6 is 34.5 Å². The van der Waals surface area contributed by atoms with Crippen molar-refractivity contribution in [2.24, 2.45) is 0 Å². The molecule has 0 atom stereocenters. The van der Waals surface area contributed by atoms with Crippen LogP contribution in [0, 0.1) is 0 Å². The number of thiazole rings is 1. The number of nitrogens with zero attached hydrogens (tertiary/aromatic N) is 1. The van der Waals surface area contributed by atoms with Crippen molar-refractivity contribution in [1.29, 1.82) is 0 Å². The number of halogens is 2. The molecular weight excluding hydrogens is 305 g/mol. The number of carbonyl (C=O) groups is 1. The van der Waals surface area contributed by atoms with E-state index in [1.807, 2.05) is 5.38 Å². The largest absolute Gasteiger partial charge is 0.365 e. The third kappa shape index (κ3) is 3.59. The number of hydrogen-bond donors (Lipinski definition) is 2. The molecule has 1 heterocycles. The van der Waals surface area contributed by atoms with Gasteiger partial charge in [-0.1, -0.05) is 23.2 Å². The molecule has 2 aromatic rings. The number of anilines is 1. The maximum atomic E-state index is 11.9. The quantitative estimate of drug-likeness (QED) is 0.909. The zero-order chi connectivity index (χ0) is 13.8. The zero-order valence-corrected chi connectivity index (χ0v) is 12.4. The van der Waals surface area contributed by atoms with Gasteiger partial charge in [-0.2, -0.15) is 0 Å². The number of amides is 1. The summed E-state index contributed by atoms with van der Waals surface area (Å²) in [5, 5.41) is 9.21. The van der Waals surface area contributed by atoms with E-state index in [0.29, 0.717) is 22.2 Å². The second kappa shape index (κ2) is 6.23. The highest BCUT2D eigenvalue weighted by Gasteiger charge is 2.08. The van der Waals surface area contributed by atoms with Crippen LogP contribution in [-0.4, -0.2) is 17.9 Å². The summed E-state index contributed by atoms with van der Waals surface area (Å²) in [7, 11) is 1.80. The monoisotopic (exact) mass is 315 g/mol. The van der Waals surface area contributed by atoms with Gasteiger partial charge in [-0.15, -0.1) is 11.3 Å². The average Bonchev–Trinajstić information content (AvgIpc) is 2.87. The number of hydrogen-bond acceptors (Lipinski definition) is 4. The van der Waals surface area contributed by atoms with E-state index in [1.54, 1.807) is 25.2 Å². The lowest BCUT2D eigenvalue weighted by atomic mass is 10.2. The Morgan fingerprint density at radius 2 is 2.16 bits per heavy atom. The van der Waals surface area contributed by atoms with Crippen molar-refractivity contribution < 1.29 is 4.79 Å². The van der Waals surface area contributed by atoms with Crippen LogP contribution in [0.25, 0.3) is 0 Å². The van der Waals surface area contributed by atoms with E-state index in [1.165, 1.54) is 11.3 Å². The second-order valence-electron chi connectivity index (χ2n) is 3.71. The molecular formula is C12H11Cl2N3OS. The Balaban J connectivity index is 1.99. The molecule has 1 aromatic heterocycles. The highest BCUT2D eigenvalue weighted by Crippen LogP contribution is 2.22. The molecule has 1 amide bonds. The van der Waals surface area contributed by atoms with Gasteiger partial charge in [0.05, 0.1) is 22.3 Å². The number of aromatic nitrogens is 1. The normalized spacial score (nSPS) is 10.3. The van der Waals surface area contributed by atoms with Crippen molar-refractivity contribution in [2.75, 3.05) is 12.4 Å². The molecule has 1 aromatic carbocycles. The van der Waals surface area contributed by atoms with Gasteiger partial charge in [0.25, 0.3) is 5.91 Å². The topological polar surface area (TPSA) is 54.0 Å². The van der Waals surface area contributed by atoms with Crippen molar-refractivity contribution >= 4 is 45.6 Å². The SMILES string of the molecule is CNc1nc(CNC(=O)c2ccc(Cl)c(Cl)c2)cs1. The molecule has 0 aliphatic rings. The Labute approximate surface area is 124 Å². The molecule has 7 heteroatoms. The predicted octanol–water partition coefficient (Wildman–Crippen LogP) is 3.42. The van der Waals surface area contributed by atoms with Crippen molar-refractivity contribution in [2.45, 2.75) is 6.54 Å². The Kier molecular flexibility index (Phi) is 4.63. The van der Waals surface area contributed by atoms with Gasteiger partial charge in [0.1, 0.15) is 0 Å².